The quantitative estimate of drug-likeness (QED) is 0.613. The lowest BCUT2D eigenvalue weighted by atomic mass is 10.0. The van der Waals surface area contributed by atoms with Crippen LogP contribution in [0.15, 0.2) is 11.6 Å². The Hall–Kier alpha value is -0.590. The lowest BCUT2D eigenvalue weighted by Gasteiger charge is -2.01. The fraction of sp³-hybridized carbons (Fsp3) is 0.727. The number of hydrogen-bond donors (Lipinski definition) is 0. The maximum Gasteiger partial charge on any atom is 0.161 e. The van der Waals surface area contributed by atoms with E-state index in [1.807, 2.05) is 0 Å². The Morgan fingerprint density at radius 1 is 1.25 bits per heavy atom. The zero-order valence-electron chi connectivity index (χ0n) is 7.51. The molecule has 0 heterocycles. The molecule has 0 atom stereocenters. The zero-order chi connectivity index (χ0) is 8.39. The van der Waals surface area contributed by atoms with Gasteiger partial charge in [0.2, 0.25) is 0 Å². The first-order valence-corrected chi connectivity index (χ1v) is 5.11. The van der Waals surface area contributed by atoms with Crippen LogP contribution in [0, 0.1) is 5.92 Å². The van der Waals surface area contributed by atoms with Gasteiger partial charge in [-0.25, -0.2) is 0 Å². The van der Waals surface area contributed by atoms with Gasteiger partial charge in [-0.05, 0) is 44.1 Å². The molecule has 1 nitrogen and oxygen atoms in total. The van der Waals surface area contributed by atoms with Gasteiger partial charge in [-0.3, -0.25) is 4.79 Å². The van der Waals surface area contributed by atoms with Crippen LogP contribution in [-0.4, -0.2) is 5.78 Å². The highest BCUT2D eigenvalue weighted by Crippen LogP contribution is 2.34. The second-order valence-electron chi connectivity index (χ2n) is 3.97. The molecule has 0 unspecified atom stereocenters. The standard InChI is InChI=1S/C11H16O/c12-11(10-7-8-10)9-5-3-1-2-4-6-9/h5,10H,1-4,6-8H2. The minimum atomic E-state index is 0.425. The molecule has 0 saturated heterocycles. The van der Waals surface area contributed by atoms with Crippen molar-refractivity contribution in [2.24, 2.45) is 5.92 Å². The number of carbonyl (C=O) groups is 1. The lowest BCUT2D eigenvalue weighted by molar-refractivity contribution is -0.116. The summed E-state index contributed by atoms with van der Waals surface area (Å²) in [7, 11) is 0. The zero-order valence-corrected chi connectivity index (χ0v) is 7.51. The highest BCUT2D eigenvalue weighted by Gasteiger charge is 2.31. The minimum Gasteiger partial charge on any atom is -0.294 e. The Labute approximate surface area is 73.8 Å². The molecule has 0 aromatic heterocycles. The third-order valence-electron chi connectivity index (χ3n) is 2.81. The molecule has 0 amide bonds. The van der Waals surface area contributed by atoms with Crippen molar-refractivity contribution in [3.05, 3.63) is 11.6 Å². The maximum atomic E-state index is 11.6. The van der Waals surface area contributed by atoms with Gasteiger partial charge in [0.25, 0.3) is 0 Å². The van der Waals surface area contributed by atoms with Gasteiger partial charge in [-0.1, -0.05) is 12.5 Å². The third kappa shape index (κ3) is 1.77. The average Bonchev–Trinajstić information content (AvgIpc) is 2.92. The maximum absolute atomic E-state index is 11.6. The molecule has 0 aromatic rings. The van der Waals surface area contributed by atoms with Crippen molar-refractivity contribution in [3.8, 4) is 0 Å². The van der Waals surface area contributed by atoms with Crippen molar-refractivity contribution in [2.45, 2.75) is 44.9 Å². The summed E-state index contributed by atoms with van der Waals surface area (Å²) in [5.74, 6) is 0.895. The number of allylic oxidation sites excluding steroid dienone is 2. The molecule has 0 aliphatic heterocycles. The molecule has 2 aliphatic carbocycles. The van der Waals surface area contributed by atoms with Crippen molar-refractivity contribution in [1.29, 1.82) is 0 Å². The van der Waals surface area contributed by atoms with Crippen LogP contribution >= 0.6 is 0 Å². The fourth-order valence-electron chi connectivity index (χ4n) is 1.85. The molecule has 66 valence electrons. The van der Waals surface area contributed by atoms with Gasteiger partial charge in [-0.2, -0.15) is 0 Å². The molecule has 12 heavy (non-hydrogen) atoms. The number of ketones is 1. The summed E-state index contributed by atoms with van der Waals surface area (Å²) in [5.41, 5.74) is 1.15. The highest BCUT2D eigenvalue weighted by molar-refractivity contribution is 5.98. The normalized spacial score (nSPS) is 24.5. The van der Waals surface area contributed by atoms with E-state index in [1.165, 1.54) is 19.3 Å². The van der Waals surface area contributed by atoms with Crippen molar-refractivity contribution in [2.75, 3.05) is 0 Å². The van der Waals surface area contributed by atoms with Gasteiger partial charge in [0.1, 0.15) is 0 Å². The molecular weight excluding hydrogens is 148 g/mol. The van der Waals surface area contributed by atoms with Gasteiger partial charge >= 0.3 is 0 Å². The van der Waals surface area contributed by atoms with Crippen molar-refractivity contribution >= 4 is 5.78 Å². The molecule has 2 rings (SSSR count). The molecular formula is C11H16O. The molecule has 2 aliphatic rings. The first-order valence-electron chi connectivity index (χ1n) is 5.11. The third-order valence-corrected chi connectivity index (χ3v) is 2.81. The van der Waals surface area contributed by atoms with Gasteiger partial charge < -0.3 is 0 Å². The van der Waals surface area contributed by atoms with Crippen LogP contribution in [0.2, 0.25) is 0 Å². The Bertz CT molecular complexity index is 211. The number of rotatable bonds is 2. The predicted molar refractivity (Wildman–Crippen MR) is 48.9 cm³/mol. The molecule has 1 saturated carbocycles. The largest absolute Gasteiger partial charge is 0.294 e. The van der Waals surface area contributed by atoms with E-state index in [1.54, 1.807) is 0 Å². The Kier molecular flexibility index (Phi) is 2.29. The molecule has 0 radical (unpaired) electrons. The Balaban J connectivity index is 1.99. The summed E-state index contributed by atoms with van der Waals surface area (Å²) in [6.45, 7) is 0. The van der Waals surface area contributed by atoms with Crippen molar-refractivity contribution in [1.82, 2.24) is 0 Å². The van der Waals surface area contributed by atoms with Crippen LogP contribution < -0.4 is 0 Å². The molecule has 0 N–H and O–H groups in total. The van der Waals surface area contributed by atoms with E-state index < -0.39 is 0 Å². The van der Waals surface area contributed by atoms with E-state index >= 15 is 0 Å². The van der Waals surface area contributed by atoms with Crippen LogP contribution in [0.5, 0.6) is 0 Å². The summed E-state index contributed by atoms with van der Waals surface area (Å²) < 4.78 is 0. The lowest BCUT2D eigenvalue weighted by Crippen LogP contribution is -2.04. The predicted octanol–water partition coefficient (Wildman–Crippen LogP) is 2.86. The molecule has 1 fully saturated rings. The topological polar surface area (TPSA) is 17.1 Å². The Morgan fingerprint density at radius 2 is 2.08 bits per heavy atom. The van der Waals surface area contributed by atoms with E-state index in [9.17, 15) is 4.79 Å². The average molecular weight is 164 g/mol. The minimum absolute atomic E-state index is 0.425. The number of carbonyl (C=O) groups excluding carboxylic acids is 1. The highest BCUT2D eigenvalue weighted by atomic mass is 16.1. The van der Waals surface area contributed by atoms with E-state index in [2.05, 4.69) is 6.08 Å². The number of hydrogen-bond acceptors (Lipinski definition) is 1. The van der Waals surface area contributed by atoms with Crippen molar-refractivity contribution in [3.63, 3.8) is 0 Å². The van der Waals surface area contributed by atoms with Gasteiger partial charge in [0.05, 0.1) is 0 Å². The van der Waals surface area contributed by atoms with E-state index in [4.69, 9.17) is 0 Å². The van der Waals surface area contributed by atoms with E-state index in [0.29, 0.717) is 11.7 Å². The van der Waals surface area contributed by atoms with Crippen LogP contribution in [0.1, 0.15) is 44.9 Å². The summed E-state index contributed by atoms with van der Waals surface area (Å²) in [6, 6.07) is 0. The SMILES string of the molecule is O=C(C1=CCCCCC1)C1CC1. The number of Topliss-reactive ketones (excluding diaryl/α,β-unsaturated/α-hetero) is 1. The second-order valence-corrected chi connectivity index (χ2v) is 3.97. The van der Waals surface area contributed by atoms with Gasteiger partial charge in [-0.15, -0.1) is 0 Å². The van der Waals surface area contributed by atoms with Crippen LogP contribution in [0.3, 0.4) is 0 Å². The van der Waals surface area contributed by atoms with E-state index in [-0.39, 0.29) is 0 Å². The van der Waals surface area contributed by atoms with Crippen molar-refractivity contribution < 1.29 is 4.79 Å². The van der Waals surface area contributed by atoms with Gasteiger partial charge in [0, 0.05) is 5.92 Å². The monoisotopic (exact) mass is 164 g/mol. The molecule has 1 heteroatoms. The summed E-state index contributed by atoms with van der Waals surface area (Å²) in [4.78, 5) is 11.6. The van der Waals surface area contributed by atoms with Crippen LogP contribution in [-0.2, 0) is 4.79 Å². The summed E-state index contributed by atoms with van der Waals surface area (Å²) >= 11 is 0. The fourth-order valence-corrected chi connectivity index (χ4v) is 1.85. The first-order chi connectivity index (χ1) is 5.88. The molecule has 0 aromatic carbocycles. The van der Waals surface area contributed by atoms with Crippen LogP contribution in [0.4, 0.5) is 0 Å². The van der Waals surface area contributed by atoms with E-state index in [0.717, 1.165) is 31.3 Å². The molecule has 0 spiro atoms. The summed E-state index contributed by atoms with van der Waals surface area (Å²) in [6.07, 6.45) is 10.5. The second kappa shape index (κ2) is 3.42. The Morgan fingerprint density at radius 3 is 2.83 bits per heavy atom. The molecule has 0 bridgehead atoms. The first kappa shape index (κ1) is 8.03. The van der Waals surface area contributed by atoms with Crippen LogP contribution in [0.25, 0.3) is 0 Å². The van der Waals surface area contributed by atoms with Gasteiger partial charge in [0.15, 0.2) is 5.78 Å². The summed E-state index contributed by atoms with van der Waals surface area (Å²) in [5, 5.41) is 0. The smallest absolute Gasteiger partial charge is 0.161 e.